The number of sulfone groups is 1. The lowest BCUT2D eigenvalue weighted by molar-refractivity contribution is 0.191. The minimum absolute atomic E-state index is 0.0518. The van der Waals surface area contributed by atoms with Gasteiger partial charge in [-0.3, -0.25) is 4.98 Å². The molecule has 1 aromatic rings. The van der Waals surface area contributed by atoms with Crippen LogP contribution in [0.25, 0.3) is 0 Å². The van der Waals surface area contributed by atoms with Crippen LogP contribution < -0.4 is 5.32 Å². The Hall–Kier alpha value is -1.63. The topological polar surface area (TPSA) is 79.4 Å². The predicted octanol–water partition coefficient (Wildman–Crippen LogP) is 1.36. The van der Waals surface area contributed by atoms with Gasteiger partial charge in [-0.2, -0.15) is 0 Å². The van der Waals surface area contributed by atoms with Crippen molar-refractivity contribution in [2.75, 3.05) is 24.6 Å². The maximum atomic E-state index is 12.4. The number of hydrogen-bond acceptors (Lipinski definition) is 4. The summed E-state index contributed by atoms with van der Waals surface area (Å²) in [5.41, 5.74) is 1.10. The van der Waals surface area contributed by atoms with Crippen molar-refractivity contribution in [1.82, 2.24) is 15.2 Å². The summed E-state index contributed by atoms with van der Waals surface area (Å²) in [6.07, 6.45) is 6.07. The number of hydrogen-bond donors (Lipinski definition) is 1. The molecule has 2 unspecified atom stereocenters. The third-order valence-corrected chi connectivity index (χ3v) is 6.31. The second-order valence-corrected chi connectivity index (χ2v) is 8.32. The van der Waals surface area contributed by atoms with Gasteiger partial charge in [-0.15, -0.1) is 0 Å². The number of rotatable bonds is 3. The lowest BCUT2D eigenvalue weighted by Gasteiger charge is -2.25. The van der Waals surface area contributed by atoms with E-state index in [4.69, 9.17) is 0 Å². The van der Waals surface area contributed by atoms with E-state index in [1.165, 1.54) is 0 Å². The number of nitrogens with one attached hydrogen (secondary N) is 1. The van der Waals surface area contributed by atoms with Gasteiger partial charge < -0.3 is 10.2 Å². The molecule has 0 aromatic carbocycles. The molecule has 2 aliphatic heterocycles. The number of carbonyl (C=O) groups excluding carboxylic acids is 1. The molecule has 7 heteroatoms. The maximum Gasteiger partial charge on any atom is 0.317 e. The highest BCUT2D eigenvalue weighted by molar-refractivity contribution is 7.91. The van der Waals surface area contributed by atoms with Gasteiger partial charge in [-0.1, -0.05) is 0 Å². The predicted molar refractivity (Wildman–Crippen MR) is 83.1 cm³/mol. The van der Waals surface area contributed by atoms with Crippen molar-refractivity contribution < 1.29 is 13.2 Å². The molecule has 0 spiro atoms. The second kappa shape index (κ2) is 6.24. The molecule has 1 N–H and O–H groups in total. The molecule has 6 nitrogen and oxygen atoms in total. The van der Waals surface area contributed by atoms with E-state index in [2.05, 4.69) is 10.3 Å². The lowest BCUT2D eigenvalue weighted by atomic mass is 10.1. The van der Waals surface area contributed by atoms with Gasteiger partial charge in [0, 0.05) is 25.5 Å². The smallest absolute Gasteiger partial charge is 0.317 e. The van der Waals surface area contributed by atoms with E-state index in [1.54, 1.807) is 12.4 Å². The first kappa shape index (κ1) is 15.3. The SMILES string of the molecule is O=C(NCC1CCS(=O)(=O)C1)N1CCCC1c1ccncc1. The van der Waals surface area contributed by atoms with Crippen LogP contribution in [0.3, 0.4) is 0 Å². The largest absolute Gasteiger partial charge is 0.338 e. The van der Waals surface area contributed by atoms with E-state index in [-0.39, 0.29) is 29.5 Å². The van der Waals surface area contributed by atoms with E-state index in [0.29, 0.717) is 13.0 Å². The number of nitrogens with zero attached hydrogens (tertiary/aromatic N) is 2. The zero-order chi connectivity index (χ0) is 15.6. The summed E-state index contributed by atoms with van der Waals surface area (Å²) in [6.45, 7) is 1.18. The molecular formula is C15H21N3O3S. The summed E-state index contributed by atoms with van der Waals surface area (Å²) in [5, 5.41) is 2.91. The number of urea groups is 1. The van der Waals surface area contributed by atoms with Gasteiger partial charge in [0.05, 0.1) is 17.5 Å². The summed E-state index contributed by atoms with van der Waals surface area (Å²) in [6, 6.07) is 3.89. The van der Waals surface area contributed by atoms with Crippen LogP contribution in [-0.4, -0.2) is 48.9 Å². The van der Waals surface area contributed by atoms with Crippen molar-refractivity contribution >= 4 is 15.9 Å². The molecule has 2 aliphatic rings. The van der Waals surface area contributed by atoms with Gasteiger partial charge in [0.1, 0.15) is 0 Å². The Bertz CT molecular complexity index is 633. The third kappa shape index (κ3) is 3.40. The molecule has 0 bridgehead atoms. The van der Waals surface area contributed by atoms with Gasteiger partial charge in [0.2, 0.25) is 0 Å². The van der Waals surface area contributed by atoms with Crippen LogP contribution in [0, 0.1) is 5.92 Å². The molecule has 120 valence electrons. The zero-order valence-corrected chi connectivity index (χ0v) is 13.3. The first-order chi connectivity index (χ1) is 10.6. The zero-order valence-electron chi connectivity index (χ0n) is 12.4. The minimum atomic E-state index is -2.89. The number of likely N-dealkylation sites (tertiary alicyclic amines) is 1. The maximum absolute atomic E-state index is 12.4. The Morgan fingerprint density at radius 2 is 2.09 bits per heavy atom. The highest BCUT2D eigenvalue weighted by atomic mass is 32.2. The second-order valence-electron chi connectivity index (χ2n) is 6.09. The molecule has 3 rings (SSSR count). The quantitative estimate of drug-likeness (QED) is 0.911. The molecule has 2 saturated heterocycles. The Morgan fingerprint density at radius 3 is 2.77 bits per heavy atom. The normalized spacial score (nSPS) is 27.0. The van der Waals surface area contributed by atoms with Crippen LogP contribution in [0.15, 0.2) is 24.5 Å². The van der Waals surface area contributed by atoms with E-state index >= 15 is 0 Å². The molecule has 2 amide bonds. The molecule has 3 heterocycles. The van der Waals surface area contributed by atoms with Crippen molar-refractivity contribution in [3.63, 3.8) is 0 Å². The number of pyridine rings is 1. The van der Waals surface area contributed by atoms with Crippen molar-refractivity contribution in [3.05, 3.63) is 30.1 Å². The van der Waals surface area contributed by atoms with E-state index < -0.39 is 9.84 Å². The van der Waals surface area contributed by atoms with Crippen LogP contribution in [0.1, 0.15) is 30.9 Å². The molecule has 1 aromatic heterocycles. The average molecular weight is 323 g/mol. The lowest BCUT2D eigenvalue weighted by Crippen LogP contribution is -2.41. The van der Waals surface area contributed by atoms with Crippen LogP contribution in [-0.2, 0) is 9.84 Å². The first-order valence-electron chi connectivity index (χ1n) is 7.70. The minimum Gasteiger partial charge on any atom is -0.338 e. The van der Waals surface area contributed by atoms with Gasteiger partial charge >= 0.3 is 6.03 Å². The molecule has 0 saturated carbocycles. The average Bonchev–Trinajstić information content (AvgIpc) is 3.12. The van der Waals surface area contributed by atoms with Gasteiger partial charge in [-0.05, 0) is 42.9 Å². The number of aromatic nitrogens is 1. The van der Waals surface area contributed by atoms with E-state index in [0.717, 1.165) is 24.9 Å². The first-order valence-corrected chi connectivity index (χ1v) is 9.52. The van der Waals surface area contributed by atoms with Gasteiger partial charge in [0.25, 0.3) is 0 Å². The van der Waals surface area contributed by atoms with Crippen molar-refractivity contribution in [3.8, 4) is 0 Å². The Morgan fingerprint density at radius 1 is 1.32 bits per heavy atom. The van der Waals surface area contributed by atoms with Gasteiger partial charge in [0.15, 0.2) is 9.84 Å². The summed E-state index contributed by atoms with van der Waals surface area (Å²) in [4.78, 5) is 18.3. The molecule has 22 heavy (non-hydrogen) atoms. The molecule has 0 aliphatic carbocycles. The van der Waals surface area contributed by atoms with Crippen LogP contribution in [0.2, 0.25) is 0 Å². The third-order valence-electron chi connectivity index (χ3n) is 4.47. The fourth-order valence-corrected chi connectivity index (χ4v) is 5.17. The van der Waals surface area contributed by atoms with Crippen LogP contribution in [0.5, 0.6) is 0 Å². The van der Waals surface area contributed by atoms with Crippen LogP contribution in [0.4, 0.5) is 4.79 Å². The van der Waals surface area contributed by atoms with Crippen LogP contribution >= 0.6 is 0 Å². The summed E-state index contributed by atoms with van der Waals surface area (Å²) in [7, 11) is -2.89. The summed E-state index contributed by atoms with van der Waals surface area (Å²) < 4.78 is 22.9. The monoisotopic (exact) mass is 323 g/mol. The molecule has 0 radical (unpaired) electrons. The number of carbonyl (C=O) groups is 1. The fraction of sp³-hybridized carbons (Fsp3) is 0.600. The Balaban J connectivity index is 1.58. The number of amides is 2. The van der Waals surface area contributed by atoms with Gasteiger partial charge in [-0.25, -0.2) is 13.2 Å². The fourth-order valence-electron chi connectivity index (χ4n) is 3.31. The molecular weight excluding hydrogens is 302 g/mol. The Labute approximate surface area is 130 Å². The Kier molecular flexibility index (Phi) is 4.33. The highest BCUT2D eigenvalue weighted by Crippen LogP contribution is 2.31. The van der Waals surface area contributed by atoms with Crippen molar-refractivity contribution in [2.24, 2.45) is 5.92 Å². The van der Waals surface area contributed by atoms with Crippen molar-refractivity contribution in [2.45, 2.75) is 25.3 Å². The highest BCUT2D eigenvalue weighted by Gasteiger charge is 2.32. The standard InChI is InChI=1S/C15H21N3O3S/c19-15(17-10-12-5-9-22(20,21)11-12)18-8-1-2-14(18)13-3-6-16-7-4-13/h3-4,6-7,12,14H,1-2,5,8-11H2,(H,17,19). The van der Waals surface area contributed by atoms with E-state index in [1.807, 2.05) is 17.0 Å². The van der Waals surface area contributed by atoms with E-state index in [9.17, 15) is 13.2 Å². The molecule has 2 fully saturated rings. The summed E-state index contributed by atoms with van der Waals surface area (Å²) in [5.74, 6) is 0.494. The van der Waals surface area contributed by atoms with Crippen molar-refractivity contribution in [1.29, 1.82) is 0 Å². The molecule has 2 atom stereocenters. The summed E-state index contributed by atoms with van der Waals surface area (Å²) >= 11 is 0.